The molecule has 0 unspecified atom stereocenters. The van der Waals surface area contributed by atoms with Gasteiger partial charge in [0.05, 0.1) is 0 Å². The zero-order chi connectivity index (χ0) is 29.7. The van der Waals surface area contributed by atoms with E-state index in [1.165, 1.54) is 55.3 Å². The molecule has 1 aliphatic carbocycles. The third-order valence-corrected chi connectivity index (χ3v) is 9.27. The Balaban J connectivity index is 1.26. The van der Waals surface area contributed by atoms with Crippen molar-refractivity contribution in [2.75, 3.05) is 4.90 Å². The normalized spacial score (nSPS) is 13.0. The van der Waals surface area contributed by atoms with Gasteiger partial charge in [0, 0.05) is 22.5 Å². The van der Waals surface area contributed by atoms with E-state index in [2.05, 4.69) is 183 Å². The summed E-state index contributed by atoms with van der Waals surface area (Å²) in [4.78, 5) is 2.39. The monoisotopic (exact) mass is 563 g/mol. The first-order valence-corrected chi connectivity index (χ1v) is 15.4. The highest BCUT2D eigenvalue weighted by Crippen LogP contribution is 2.53. The van der Waals surface area contributed by atoms with Gasteiger partial charge in [-0.3, -0.25) is 0 Å². The summed E-state index contributed by atoms with van der Waals surface area (Å²) in [6.07, 6.45) is 0. The average Bonchev–Trinajstić information content (AvgIpc) is 3.32. The molecule has 1 heteroatoms. The quantitative estimate of drug-likeness (QED) is 0.201. The molecule has 0 atom stereocenters. The Labute approximate surface area is 259 Å². The van der Waals surface area contributed by atoms with Crippen molar-refractivity contribution in [2.24, 2.45) is 0 Å². The van der Waals surface area contributed by atoms with Gasteiger partial charge >= 0.3 is 0 Å². The number of nitrogens with zero attached hydrogens (tertiary/aromatic N) is 1. The van der Waals surface area contributed by atoms with E-state index in [4.69, 9.17) is 0 Å². The summed E-state index contributed by atoms with van der Waals surface area (Å²) in [6.45, 7) is 4.73. The summed E-state index contributed by atoms with van der Waals surface area (Å²) in [7, 11) is 0. The molecular formula is C43H33N. The summed E-state index contributed by atoms with van der Waals surface area (Å²) >= 11 is 0. The summed E-state index contributed by atoms with van der Waals surface area (Å²) in [5.74, 6) is 0. The van der Waals surface area contributed by atoms with Crippen LogP contribution in [0.5, 0.6) is 0 Å². The molecule has 0 aromatic heterocycles. The fourth-order valence-electron chi connectivity index (χ4n) is 6.95. The van der Waals surface area contributed by atoms with E-state index in [0.717, 1.165) is 17.1 Å². The molecule has 0 bridgehead atoms. The number of hydrogen-bond acceptors (Lipinski definition) is 1. The first-order chi connectivity index (χ1) is 21.6. The van der Waals surface area contributed by atoms with E-state index in [0.29, 0.717) is 0 Å². The first-order valence-electron chi connectivity index (χ1n) is 15.4. The smallest absolute Gasteiger partial charge is 0.0465 e. The standard InChI is InChI=1S/C43H33N/c1-43(2)40-28-21-34-15-9-10-16-38(34)42(40)39-27-26-37(29-41(39)43)44(35-22-17-32(18-23-35)30-11-5-3-6-12-30)36-24-19-33(20-25-36)31-13-7-4-8-14-31/h3-29H,1-2H3. The first kappa shape index (κ1) is 26.2. The van der Waals surface area contributed by atoms with Crippen LogP contribution in [-0.2, 0) is 5.41 Å². The van der Waals surface area contributed by atoms with Crippen LogP contribution in [0.25, 0.3) is 44.2 Å². The molecule has 0 heterocycles. The van der Waals surface area contributed by atoms with Gasteiger partial charge in [-0.2, -0.15) is 0 Å². The summed E-state index contributed by atoms with van der Waals surface area (Å²) in [6, 6.07) is 59.5. The molecule has 8 rings (SSSR count). The van der Waals surface area contributed by atoms with Gasteiger partial charge in [-0.15, -0.1) is 0 Å². The van der Waals surface area contributed by atoms with E-state index in [1.807, 2.05) is 0 Å². The number of hydrogen-bond donors (Lipinski definition) is 0. The van der Waals surface area contributed by atoms with Crippen molar-refractivity contribution in [3.8, 4) is 33.4 Å². The van der Waals surface area contributed by atoms with Gasteiger partial charge < -0.3 is 4.90 Å². The zero-order valence-corrected chi connectivity index (χ0v) is 25.0. The van der Waals surface area contributed by atoms with E-state index in [-0.39, 0.29) is 5.41 Å². The Morgan fingerprint density at radius 3 is 1.50 bits per heavy atom. The van der Waals surface area contributed by atoms with Crippen LogP contribution in [0.1, 0.15) is 25.0 Å². The van der Waals surface area contributed by atoms with Gasteiger partial charge in [0.15, 0.2) is 0 Å². The van der Waals surface area contributed by atoms with Crippen LogP contribution in [0.3, 0.4) is 0 Å². The fraction of sp³-hybridized carbons (Fsp3) is 0.0698. The molecule has 0 saturated carbocycles. The SMILES string of the molecule is CC1(C)c2cc(N(c3ccc(-c4ccccc4)cc3)c3ccc(-c4ccccc4)cc3)ccc2-c2c1ccc1ccccc21. The highest BCUT2D eigenvalue weighted by Gasteiger charge is 2.37. The van der Waals surface area contributed by atoms with Gasteiger partial charge in [0.2, 0.25) is 0 Å². The van der Waals surface area contributed by atoms with Crippen LogP contribution in [0.4, 0.5) is 17.1 Å². The fourth-order valence-corrected chi connectivity index (χ4v) is 6.95. The number of anilines is 3. The third-order valence-electron chi connectivity index (χ3n) is 9.27. The molecule has 1 aliphatic rings. The minimum Gasteiger partial charge on any atom is -0.310 e. The van der Waals surface area contributed by atoms with Gasteiger partial charge in [0.25, 0.3) is 0 Å². The molecule has 0 radical (unpaired) electrons. The predicted octanol–water partition coefficient (Wildman–Crippen LogP) is 11.9. The lowest BCUT2D eigenvalue weighted by Gasteiger charge is -2.28. The van der Waals surface area contributed by atoms with Crippen molar-refractivity contribution in [3.63, 3.8) is 0 Å². The average molecular weight is 564 g/mol. The number of benzene rings is 7. The molecule has 210 valence electrons. The Morgan fingerprint density at radius 1 is 0.409 bits per heavy atom. The van der Waals surface area contributed by atoms with Crippen LogP contribution in [0.2, 0.25) is 0 Å². The zero-order valence-electron chi connectivity index (χ0n) is 25.0. The van der Waals surface area contributed by atoms with Gasteiger partial charge in [-0.1, -0.05) is 141 Å². The van der Waals surface area contributed by atoms with Gasteiger partial charge in [-0.25, -0.2) is 0 Å². The summed E-state index contributed by atoms with van der Waals surface area (Å²) < 4.78 is 0. The van der Waals surface area contributed by atoms with Crippen molar-refractivity contribution in [1.29, 1.82) is 0 Å². The highest BCUT2D eigenvalue weighted by molar-refractivity contribution is 6.03. The van der Waals surface area contributed by atoms with Crippen LogP contribution in [-0.4, -0.2) is 0 Å². The van der Waals surface area contributed by atoms with Crippen LogP contribution < -0.4 is 4.90 Å². The maximum atomic E-state index is 2.42. The second-order valence-corrected chi connectivity index (χ2v) is 12.2. The van der Waals surface area contributed by atoms with Gasteiger partial charge in [0.1, 0.15) is 0 Å². The van der Waals surface area contributed by atoms with Crippen molar-refractivity contribution in [1.82, 2.24) is 0 Å². The molecule has 0 amide bonds. The van der Waals surface area contributed by atoms with E-state index in [9.17, 15) is 0 Å². The highest BCUT2D eigenvalue weighted by atomic mass is 15.1. The lowest BCUT2D eigenvalue weighted by Crippen LogP contribution is -2.16. The van der Waals surface area contributed by atoms with Crippen LogP contribution in [0.15, 0.2) is 164 Å². The Bertz CT molecular complexity index is 2020. The topological polar surface area (TPSA) is 3.24 Å². The molecule has 44 heavy (non-hydrogen) atoms. The Morgan fingerprint density at radius 2 is 0.909 bits per heavy atom. The van der Waals surface area contributed by atoms with Crippen LogP contribution >= 0.6 is 0 Å². The van der Waals surface area contributed by atoms with E-state index in [1.54, 1.807) is 0 Å². The van der Waals surface area contributed by atoms with Crippen molar-refractivity contribution >= 4 is 27.8 Å². The predicted molar refractivity (Wildman–Crippen MR) is 187 cm³/mol. The number of rotatable bonds is 5. The maximum Gasteiger partial charge on any atom is 0.0465 e. The number of fused-ring (bicyclic) bond motifs is 5. The molecule has 0 spiro atoms. The molecule has 7 aromatic rings. The van der Waals surface area contributed by atoms with Crippen molar-refractivity contribution < 1.29 is 0 Å². The minimum absolute atomic E-state index is 0.106. The molecule has 0 saturated heterocycles. The largest absolute Gasteiger partial charge is 0.310 e. The Kier molecular flexibility index (Phi) is 6.20. The lowest BCUT2D eigenvalue weighted by atomic mass is 9.82. The van der Waals surface area contributed by atoms with Crippen molar-refractivity contribution in [3.05, 3.63) is 175 Å². The molecule has 1 nitrogen and oxygen atoms in total. The maximum absolute atomic E-state index is 2.42. The molecule has 0 N–H and O–H groups in total. The van der Waals surface area contributed by atoms with Gasteiger partial charge in [-0.05, 0) is 91.7 Å². The Hall–Kier alpha value is -5.40. The minimum atomic E-state index is -0.106. The molecular weight excluding hydrogens is 530 g/mol. The van der Waals surface area contributed by atoms with E-state index >= 15 is 0 Å². The summed E-state index contributed by atoms with van der Waals surface area (Å²) in [5.41, 5.74) is 13.7. The molecule has 0 fully saturated rings. The second-order valence-electron chi connectivity index (χ2n) is 12.2. The molecule has 0 aliphatic heterocycles. The third kappa shape index (κ3) is 4.32. The lowest BCUT2D eigenvalue weighted by molar-refractivity contribution is 0.661. The van der Waals surface area contributed by atoms with Crippen molar-refractivity contribution in [2.45, 2.75) is 19.3 Å². The van der Waals surface area contributed by atoms with Crippen LogP contribution in [0, 0.1) is 0 Å². The second kappa shape index (κ2) is 10.4. The summed E-state index contributed by atoms with van der Waals surface area (Å²) in [5, 5.41) is 2.62. The van der Waals surface area contributed by atoms with E-state index < -0.39 is 0 Å². The molecule has 7 aromatic carbocycles.